The fraction of sp³-hybridized carbons (Fsp3) is 0.304. The number of thiazole rings is 1. The summed E-state index contributed by atoms with van der Waals surface area (Å²) in [6.07, 6.45) is -3.16. The zero-order valence-electron chi connectivity index (χ0n) is 18.2. The monoisotopic (exact) mass is 463 g/mol. The van der Waals surface area contributed by atoms with Gasteiger partial charge in [-0.1, -0.05) is 18.2 Å². The number of aromatic nitrogens is 1. The van der Waals surface area contributed by atoms with E-state index in [0.717, 1.165) is 35.1 Å². The molecule has 0 saturated heterocycles. The quantitative estimate of drug-likeness (QED) is 0.403. The van der Waals surface area contributed by atoms with Crippen LogP contribution in [0.3, 0.4) is 0 Å². The zero-order valence-corrected chi connectivity index (χ0v) is 19.0. The summed E-state index contributed by atoms with van der Waals surface area (Å²) in [5.41, 5.74) is 1.76. The molecule has 0 aliphatic rings. The molecular formula is C23H26F3N4OS+. The van der Waals surface area contributed by atoms with Crippen LogP contribution in [0.2, 0.25) is 0 Å². The highest BCUT2D eigenvalue weighted by Crippen LogP contribution is 2.33. The van der Waals surface area contributed by atoms with Gasteiger partial charge in [-0.3, -0.25) is 4.79 Å². The summed E-state index contributed by atoms with van der Waals surface area (Å²) < 4.78 is 39.5. The zero-order chi connectivity index (χ0) is 23.4. The lowest BCUT2D eigenvalue weighted by Gasteiger charge is -2.23. The molecule has 3 rings (SSSR count). The Balaban J connectivity index is 1.64. The fourth-order valence-corrected chi connectivity index (χ4v) is 3.79. The molecule has 0 bridgehead atoms. The predicted molar refractivity (Wildman–Crippen MR) is 123 cm³/mol. The number of alkyl halides is 3. The molecule has 5 nitrogen and oxygen atoms in total. The van der Waals surface area contributed by atoms with Crippen LogP contribution in [0.15, 0.2) is 53.9 Å². The molecule has 3 aromatic rings. The summed E-state index contributed by atoms with van der Waals surface area (Å²) in [5, 5.41) is 8.14. The maximum absolute atomic E-state index is 12.9. The summed E-state index contributed by atoms with van der Waals surface area (Å²) in [4.78, 5) is 16.7. The number of amides is 1. The van der Waals surface area contributed by atoms with Crippen molar-refractivity contribution in [1.29, 1.82) is 0 Å². The smallest absolute Gasteiger partial charge is 0.332 e. The Kier molecular flexibility index (Phi) is 7.20. The molecule has 32 heavy (non-hydrogen) atoms. The van der Waals surface area contributed by atoms with Crippen LogP contribution in [-0.2, 0) is 11.0 Å². The number of rotatable bonds is 8. The predicted octanol–water partition coefficient (Wildman–Crippen LogP) is 6.00. The van der Waals surface area contributed by atoms with Gasteiger partial charge in [-0.05, 0) is 30.3 Å². The lowest BCUT2D eigenvalue weighted by atomic mass is 10.1. The van der Waals surface area contributed by atoms with Crippen molar-refractivity contribution in [2.75, 3.05) is 38.3 Å². The molecule has 0 fully saturated rings. The van der Waals surface area contributed by atoms with Gasteiger partial charge in [0.05, 0.1) is 38.9 Å². The Labute approximate surface area is 189 Å². The van der Waals surface area contributed by atoms with Gasteiger partial charge in [0.25, 0.3) is 0 Å². The molecule has 2 aromatic carbocycles. The first kappa shape index (κ1) is 23.7. The van der Waals surface area contributed by atoms with Crippen LogP contribution in [0, 0.1) is 0 Å². The Bertz CT molecular complexity index is 1070. The van der Waals surface area contributed by atoms with E-state index in [9.17, 15) is 18.0 Å². The molecule has 0 aliphatic heterocycles. The van der Waals surface area contributed by atoms with Crippen molar-refractivity contribution in [2.24, 2.45) is 0 Å². The van der Waals surface area contributed by atoms with Gasteiger partial charge in [0.2, 0.25) is 5.91 Å². The molecule has 170 valence electrons. The van der Waals surface area contributed by atoms with Crippen molar-refractivity contribution in [1.82, 2.24) is 4.98 Å². The van der Waals surface area contributed by atoms with E-state index in [1.807, 2.05) is 29.6 Å². The number of hydrogen-bond donors (Lipinski definition) is 2. The number of benzene rings is 2. The molecular weight excluding hydrogens is 437 g/mol. The number of carbonyl (C=O) groups excluding carboxylic acids is 1. The second kappa shape index (κ2) is 9.70. The Hall–Kier alpha value is -2.91. The number of hydrogen-bond acceptors (Lipinski definition) is 4. The Morgan fingerprint density at radius 2 is 1.78 bits per heavy atom. The van der Waals surface area contributed by atoms with Crippen molar-refractivity contribution in [3.63, 3.8) is 0 Å². The van der Waals surface area contributed by atoms with Gasteiger partial charge in [-0.2, -0.15) is 13.2 Å². The van der Waals surface area contributed by atoms with E-state index in [1.165, 1.54) is 17.4 Å². The average Bonchev–Trinajstić information content (AvgIpc) is 3.15. The first-order valence-corrected chi connectivity index (χ1v) is 11.0. The first-order valence-electron chi connectivity index (χ1n) is 10.1. The van der Waals surface area contributed by atoms with Crippen LogP contribution < -0.4 is 10.6 Å². The molecule has 1 amide bonds. The molecule has 0 atom stereocenters. The molecule has 0 saturated carbocycles. The van der Waals surface area contributed by atoms with Crippen LogP contribution in [0.1, 0.15) is 18.4 Å². The number of halogens is 3. The largest absolute Gasteiger partial charge is 0.416 e. The average molecular weight is 464 g/mol. The van der Waals surface area contributed by atoms with E-state index in [0.29, 0.717) is 28.6 Å². The minimum atomic E-state index is -4.40. The van der Waals surface area contributed by atoms with Gasteiger partial charge in [-0.25, -0.2) is 4.98 Å². The van der Waals surface area contributed by atoms with Gasteiger partial charge in [0.1, 0.15) is 0 Å². The Morgan fingerprint density at radius 1 is 1.06 bits per heavy atom. The van der Waals surface area contributed by atoms with E-state index < -0.39 is 11.7 Å². The number of nitrogens with zero attached hydrogens (tertiary/aromatic N) is 2. The van der Waals surface area contributed by atoms with Crippen molar-refractivity contribution < 1.29 is 22.4 Å². The van der Waals surface area contributed by atoms with E-state index in [1.54, 1.807) is 6.07 Å². The highest BCUT2D eigenvalue weighted by atomic mass is 32.1. The highest BCUT2D eigenvalue weighted by molar-refractivity contribution is 7.14. The van der Waals surface area contributed by atoms with E-state index >= 15 is 0 Å². The highest BCUT2D eigenvalue weighted by Gasteiger charge is 2.30. The summed E-state index contributed by atoms with van der Waals surface area (Å²) >= 11 is 1.29. The number of anilines is 3. The fourth-order valence-electron chi connectivity index (χ4n) is 3.05. The molecule has 1 heterocycles. The molecule has 0 radical (unpaired) electrons. The topological polar surface area (TPSA) is 54.0 Å². The van der Waals surface area contributed by atoms with Crippen molar-refractivity contribution in [2.45, 2.75) is 19.0 Å². The Morgan fingerprint density at radius 3 is 2.50 bits per heavy atom. The third-order valence-corrected chi connectivity index (χ3v) is 5.38. The molecule has 0 spiro atoms. The van der Waals surface area contributed by atoms with Crippen LogP contribution in [0.5, 0.6) is 0 Å². The summed E-state index contributed by atoms with van der Waals surface area (Å²) in [6, 6.07) is 12.3. The summed E-state index contributed by atoms with van der Waals surface area (Å²) in [5.74, 6) is -0.0409. The van der Waals surface area contributed by atoms with Gasteiger partial charge >= 0.3 is 6.18 Å². The van der Waals surface area contributed by atoms with Gasteiger partial charge in [-0.15, -0.1) is 11.3 Å². The van der Waals surface area contributed by atoms with Crippen molar-refractivity contribution in [3.05, 3.63) is 59.5 Å². The van der Waals surface area contributed by atoms with Crippen LogP contribution >= 0.6 is 11.3 Å². The SMILES string of the molecule is C[N+](C)(C)CCCC(=O)Nc1cccc(-c2csc(Nc3cccc(C(F)(F)F)c3)n2)c1. The van der Waals surface area contributed by atoms with Gasteiger partial charge < -0.3 is 15.1 Å². The van der Waals surface area contributed by atoms with Gasteiger partial charge in [0.15, 0.2) is 5.13 Å². The molecule has 0 unspecified atom stereocenters. The maximum atomic E-state index is 12.9. The molecule has 1 aromatic heterocycles. The second-order valence-electron chi connectivity index (χ2n) is 8.49. The first-order chi connectivity index (χ1) is 15.0. The number of quaternary nitrogens is 1. The summed E-state index contributed by atoms with van der Waals surface area (Å²) in [7, 11) is 6.27. The summed E-state index contributed by atoms with van der Waals surface area (Å²) in [6.45, 7) is 0.911. The minimum Gasteiger partial charge on any atom is -0.332 e. The van der Waals surface area contributed by atoms with E-state index in [-0.39, 0.29) is 5.91 Å². The molecule has 9 heteroatoms. The van der Waals surface area contributed by atoms with E-state index in [4.69, 9.17) is 0 Å². The molecule has 2 N–H and O–H groups in total. The van der Waals surface area contributed by atoms with Gasteiger partial charge in [0, 0.05) is 35.2 Å². The normalized spacial score (nSPS) is 11.9. The van der Waals surface area contributed by atoms with Crippen LogP contribution in [0.25, 0.3) is 11.3 Å². The lowest BCUT2D eigenvalue weighted by molar-refractivity contribution is -0.870. The van der Waals surface area contributed by atoms with E-state index in [2.05, 4.69) is 36.8 Å². The van der Waals surface area contributed by atoms with Crippen LogP contribution in [0.4, 0.5) is 29.7 Å². The molecule has 0 aliphatic carbocycles. The third-order valence-electron chi connectivity index (χ3n) is 4.62. The number of nitrogens with one attached hydrogen (secondary N) is 2. The van der Waals surface area contributed by atoms with Crippen molar-refractivity contribution in [3.8, 4) is 11.3 Å². The number of carbonyl (C=O) groups is 1. The van der Waals surface area contributed by atoms with Crippen molar-refractivity contribution >= 4 is 33.8 Å². The maximum Gasteiger partial charge on any atom is 0.416 e. The lowest BCUT2D eigenvalue weighted by Crippen LogP contribution is -2.35. The standard InChI is InChI=1S/C23H25F3N4OS/c1-30(2,3)12-6-11-21(31)27-18-9-4-7-16(13-18)20-15-32-22(29-20)28-19-10-5-8-17(14-19)23(24,25)26/h4-5,7-10,13-15H,6,11-12H2,1-3H3,(H-,27,28,29,31)/p+1. The van der Waals surface area contributed by atoms with Crippen LogP contribution in [-0.4, -0.2) is 43.1 Å². The minimum absolute atomic E-state index is 0.0409. The third kappa shape index (κ3) is 7.06. The second-order valence-corrected chi connectivity index (χ2v) is 9.35.